The van der Waals surface area contributed by atoms with E-state index in [2.05, 4.69) is 25.2 Å². The number of nitrogens with zero attached hydrogens (tertiary/aromatic N) is 1. The topological polar surface area (TPSA) is 52.9 Å². The Bertz CT molecular complexity index is 298. The molecule has 0 spiro atoms. The highest BCUT2D eigenvalue weighted by atomic mass is 16.1. The molecule has 0 aromatic rings. The van der Waals surface area contributed by atoms with Gasteiger partial charge in [-0.3, -0.25) is 4.79 Å². The average molecular weight is 250 g/mol. The molecule has 1 saturated carbocycles. The van der Waals surface area contributed by atoms with E-state index >= 15 is 0 Å². The fraction of sp³-hybridized carbons (Fsp3) is 0.867. The number of hydrogen-bond donors (Lipinski definition) is 1. The minimum atomic E-state index is -0.592. The third-order valence-corrected chi connectivity index (χ3v) is 4.03. The van der Waals surface area contributed by atoms with Crippen LogP contribution in [0.4, 0.5) is 0 Å². The Balaban J connectivity index is 2.57. The fourth-order valence-electron chi connectivity index (χ4n) is 2.55. The van der Waals surface area contributed by atoms with E-state index in [1.807, 2.05) is 0 Å². The summed E-state index contributed by atoms with van der Waals surface area (Å²) in [6, 6.07) is 2.38. The van der Waals surface area contributed by atoms with E-state index in [1.54, 1.807) is 0 Å². The first kappa shape index (κ1) is 15.0. The maximum atomic E-state index is 12.0. The van der Waals surface area contributed by atoms with Crippen LogP contribution in [0.5, 0.6) is 0 Å². The lowest BCUT2D eigenvalue weighted by Crippen LogP contribution is -2.48. The van der Waals surface area contributed by atoms with Crippen LogP contribution in [0.2, 0.25) is 0 Å². The van der Waals surface area contributed by atoms with Crippen molar-refractivity contribution < 1.29 is 4.79 Å². The van der Waals surface area contributed by atoms with Crippen molar-refractivity contribution >= 4 is 5.91 Å². The molecular formula is C15H26N2O. The van der Waals surface area contributed by atoms with Crippen LogP contribution in [0.15, 0.2) is 0 Å². The first-order chi connectivity index (χ1) is 8.62. The number of nitrogens with one attached hydrogen (secondary N) is 1. The second kappa shape index (κ2) is 7.41. The van der Waals surface area contributed by atoms with E-state index < -0.39 is 5.54 Å². The van der Waals surface area contributed by atoms with Gasteiger partial charge in [0.25, 0.3) is 0 Å². The highest BCUT2D eigenvalue weighted by Crippen LogP contribution is 2.26. The van der Waals surface area contributed by atoms with Crippen LogP contribution in [0.25, 0.3) is 0 Å². The van der Waals surface area contributed by atoms with Crippen LogP contribution in [0.1, 0.15) is 71.6 Å². The van der Waals surface area contributed by atoms with Gasteiger partial charge >= 0.3 is 0 Å². The Kier molecular flexibility index (Phi) is 6.18. The van der Waals surface area contributed by atoms with Crippen LogP contribution in [0, 0.1) is 17.2 Å². The average Bonchev–Trinajstić information content (AvgIpc) is 2.32. The number of nitriles is 1. The molecule has 18 heavy (non-hydrogen) atoms. The molecule has 102 valence electrons. The summed E-state index contributed by atoms with van der Waals surface area (Å²) in [5.41, 5.74) is -0.592. The Labute approximate surface area is 111 Å². The molecule has 0 aromatic heterocycles. The molecule has 0 heterocycles. The monoisotopic (exact) mass is 250 g/mol. The predicted molar refractivity (Wildman–Crippen MR) is 72.9 cm³/mol. The van der Waals surface area contributed by atoms with E-state index in [-0.39, 0.29) is 5.91 Å². The standard InChI is InChI=1S/C15H26N2O/c1-3-13(2)11-14(18)17-15(12-16)9-7-5-4-6-8-10-15/h13H,3-11H2,1-2H3,(H,17,18). The zero-order chi connectivity index (χ0) is 13.4. The summed E-state index contributed by atoms with van der Waals surface area (Å²) < 4.78 is 0. The maximum absolute atomic E-state index is 12.0. The minimum Gasteiger partial charge on any atom is -0.338 e. The van der Waals surface area contributed by atoms with Gasteiger partial charge in [-0.25, -0.2) is 0 Å². The highest BCUT2D eigenvalue weighted by Gasteiger charge is 2.31. The lowest BCUT2D eigenvalue weighted by Gasteiger charge is -2.30. The molecular weight excluding hydrogens is 224 g/mol. The molecule has 0 saturated heterocycles. The molecule has 1 fully saturated rings. The van der Waals surface area contributed by atoms with Gasteiger partial charge < -0.3 is 5.32 Å². The molecule has 1 N–H and O–H groups in total. The van der Waals surface area contributed by atoms with Gasteiger partial charge in [0.2, 0.25) is 5.91 Å². The Morgan fingerprint density at radius 1 is 1.28 bits per heavy atom. The molecule has 1 atom stereocenters. The minimum absolute atomic E-state index is 0.0477. The third-order valence-electron chi connectivity index (χ3n) is 4.03. The summed E-state index contributed by atoms with van der Waals surface area (Å²) in [6.45, 7) is 4.17. The van der Waals surface area contributed by atoms with Gasteiger partial charge in [0.15, 0.2) is 0 Å². The summed E-state index contributed by atoms with van der Waals surface area (Å²) in [4.78, 5) is 12.0. The summed E-state index contributed by atoms with van der Waals surface area (Å²) in [5, 5.41) is 12.4. The van der Waals surface area contributed by atoms with Crippen molar-refractivity contribution in [1.82, 2.24) is 5.32 Å². The summed E-state index contributed by atoms with van der Waals surface area (Å²) in [6.07, 6.45) is 8.92. The maximum Gasteiger partial charge on any atom is 0.221 e. The summed E-state index contributed by atoms with van der Waals surface area (Å²) in [5.74, 6) is 0.445. The smallest absolute Gasteiger partial charge is 0.221 e. The van der Waals surface area contributed by atoms with E-state index in [0.717, 1.165) is 32.1 Å². The van der Waals surface area contributed by atoms with E-state index in [1.165, 1.54) is 19.3 Å². The van der Waals surface area contributed by atoms with Crippen LogP contribution >= 0.6 is 0 Å². The van der Waals surface area contributed by atoms with Crippen LogP contribution < -0.4 is 5.32 Å². The van der Waals surface area contributed by atoms with Crippen LogP contribution in [-0.2, 0) is 4.79 Å². The molecule has 0 bridgehead atoms. The third kappa shape index (κ3) is 4.68. The molecule has 0 aromatic carbocycles. The number of carbonyl (C=O) groups is 1. The number of rotatable bonds is 4. The molecule has 0 aliphatic heterocycles. The first-order valence-corrected chi connectivity index (χ1v) is 7.34. The quantitative estimate of drug-likeness (QED) is 0.829. The summed E-state index contributed by atoms with van der Waals surface area (Å²) >= 11 is 0. The van der Waals surface area contributed by atoms with Gasteiger partial charge in [-0.05, 0) is 18.8 Å². The number of carbonyl (C=O) groups excluding carboxylic acids is 1. The molecule has 3 heteroatoms. The van der Waals surface area contributed by atoms with Crippen LogP contribution in [0.3, 0.4) is 0 Å². The van der Waals surface area contributed by atoms with Gasteiger partial charge in [-0.1, -0.05) is 52.4 Å². The van der Waals surface area contributed by atoms with Crippen molar-refractivity contribution in [3.8, 4) is 6.07 Å². The molecule has 1 rings (SSSR count). The second-order valence-corrected chi connectivity index (χ2v) is 5.73. The SMILES string of the molecule is CCC(C)CC(=O)NC1(C#N)CCCCCCC1. The Morgan fingerprint density at radius 2 is 1.83 bits per heavy atom. The summed E-state index contributed by atoms with van der Waals surface area (Å²) in [7, 11) is 0. The molecule has 3 nitrogen and oxygen atoms in total. The molecule has 1 aliphatic rings. The Morgan fingerprint density at radius 3 is 2.33 bits per heavy atom. The molecule has 0 radical (unpaired) electrons. The van der Waals surface area contributed by atoms with Crippen molar-refractivity contribution in [3.05, 3.63) is 0 Å². The molecule has 1 unspecified atom stereocenters. The zero-order valence-corrected chi connectivity index (χ0v) is 11.8. The largest absolute Gasteiger partial charge is 0.338 e. The van der Waals surface area contributed by atoms with Crippen molar-refractivity contribution in [1.29, 1.82) is 5.26 Å². The zero-order valence-electron chi connectivity index (χ0n) is 11.8. The molecule has 1 amide bonds. The van der Waals surface area contributed by atoms with Crippen molar-refractivity contribution in [3.63, 3.8) is 0 Å². The Hall–Kier alpha value is -1.04. The second-order valence-electron chi connectivity index (χ2n) is 5.73. The van der Waals surface area contributed by atoms with Crippen molar-refractivity contribution in [2.45, 2.75) is 77.2 Å². The van der Waals surface area contributed by atoms with Gasteiger partial charge in [0, 0.05) is 6.42 Å². The van der Waals surface area contributed by atoms with Gasteiger partial charge in [-0.2, -0.15) is 5.26 Å². The first-order valence-electron chi connectivity index (χ1n) is 7.34. The van der Waals surface area contributed by atoms with E-state index in [0.29, 0.717) is 12.3 Å². The van der Waals surface area contributed by atoms with Crippen molar-refractivity contribution in [2.24, 2.45) is 5.92 Å². The van der Waals surface area contributed by atoms with Gasteiger partial charge in [-0.15, -0.1) is 0 Å². The number of hydrogen-bond acceptors (Lipinski definition) is 2. The predicted octanol–water partition coefficient (Wildman–Crippen LogP) is 3.55. The molecule has 1 aliphatic carbocycles. The van der Waals surface area contributed by atoms with Gasteiger partial charge in [0.05, 0.1) is 6.07 Å². The number of amides is 1. The van der Waals surface area contributed by atoms with E-state index in [4.69, 9.17) is 0 Å². The van der Waals surface area contributed by atoms with Gasteiger partial charge in [0.1, 0.15) is 5.54 Å². The lowest BCUT2D eigenvalue weighted by molar-refractivity contribution is -0.123. The lowest BCUT2D eigenvalue weighted by atomic mass is 9.84. The fourth-order valence-corrected chi connectivity index (χ4v) is 2.55. The normalized spacial score (nSPS) is 21.2. The van der Waals surface area contributed by atoms with Crippen molar-refractivity contribution in [2.75, 3.05) is 0 Å². The highest BCUT2D eigenvalue weighted by molar-refractivity contribution is 5.77. The van der Waals surface area contributed by atoms with Crippen LogP contribution in [-0.4, -0.2) is 11.4 Å². The van der Waals surface area contributed by atoms with E-state index in [9.17, 15) is 10.1 Å².